The highest BCUT2D eigenvalue weighted by molar-refractivity contribution is 5.88. The molecule has 1 aliphatic rings. The third-order valence-corrected chi connectivity index (χ3v) is 4.32. The molecule has 6 heteroatoms. The van der Waals surface area contributed by atoms with Crippen LogP contribution in [0.15, 0.2) is 30.3 Å². The lowest BCUT2D eigenvalue weighted by atomic mass is 9.99. The molecule has 2 unspecified atom stereocenters. The van der Waals surface area contributed by atoms with Gasteiger partial charge in [-0.3, -0.25) is 14.4 Å². The summed E-state index contributed by atoms with van der Waals surface area (Å²) in [6, 6.07) is 8.35. The normalized spacial score (nSPS) is 18.2. The van der Waals surface area contributed by atoms with Crippen LogP contribution in [-0.4, -0.2) is 46.9 Å². The molecular formula is C18H24N2O4. The Bertz CT molecular complexity index is 588. The Labute approximate surface area is 141 Å². The first kappa shape index (κ1) is 18.0. The van der Waals surface area contributed by atoms with E-state index in [9.17, 15) is 19.5 Å². The van der Waals surface area contributed by atoms with Gasteiger partial charge < -0.3 is 15.3 Å². The molecule has 2 amide bonds. The highest BCUT2D eigenvalue weighted by Crippen LogP contribution is 2.20. The number of hydrogen-bond acceptors (Lipinski definition) is 3. The van der Waals surface area contributed by atoms with E-state index in [-0.39, 0.29) is 18.4 Å². The van der Waals surface area contributed by atoms with E-state index in [1.165, 1.54) is 0 Å². The van der Waals surface area contributed by atoms with Gasteiger partial charge in [0.2, 0.25) is 11.8 Å². The fraction of sp³-hybridized carbons (Fsp3) is 0.500. The van der Waals surface area contributed by atoms with Gasteiger partial charge in [0.25, 0.3) is 0 Å². The van der Waals surface area contributed by atoms with Crippen molar-refractivity contribution < 1.29 is 19.5 Å². The second kappa shape index (κ2) is 8.47. The molecule has 1 heterocycles. The van der Waals surface area contributed by atoms with Gasteiger partial charge in [-0.1, -0.05) is 37.3 Å². The second-order valence-corrected chi connectivity index (χ2v) is 6.04. The number of nitrogens with zero attached hydrogens (tertiary/aromatic N) is 1. The zero-order chi connectivity index (χ0) is 17.5. The topological polar surface area (TPSA) is 86.7 Å². The van der Waals surface area contributed by atoms with E-state index in [0.29, 0.717) is 24.9 Å². The summed E-state index contributed by atoms with van der Waals surface area (Å²) in [6.45, 7) is 2.54. The minimum absolute atomic E-state index is 0.00649. The van der Waals surface area contributed by atoms with Crippen molar-refractivity contribution in [2.45, 2.75) is 44.6 Å². The van der Waals surface area contributed by atoms with E-state index < -0.39 is 17.9 Å². The molecule has 2 rings (SSSR count). The third kappa shape index (κ3) is 4.34. The minimum atomic E-state index is -0.980. The van der Waals surface area contributed by atoms with Crippen LogP contribution in [0.25, 0.3) is 0 Å². The number of aliphatic carboxylic acids is 1. The number of carbonyl (C=O) groups excluding carboxylic acids is 2. The van der Waals surface area contributed by atoms with Crippen molar-refractivity contribution in [2.75, 3.05) is 13.1 Å². The van der Waals surface area contributed by atoms with Gasteiger partial charge in [-0.05, 0) is 24.8 Å². The predicted molar refractivity (Wildman–Crippen MR) is 89.5 cm³/mol. The molecule has 0 aromatic heterocycles. The SMILES string of the molecule is CCCC(=O)N1CCCC1C(=O)NCC(C(=O)O)c1ccccc1. The molecule has 24 heavy (non-hydrogen) atoms. The number of nitrogens with one attached hydrogen (secondary N) is 1. The second-order valence-electron chi connectivity index (χ2n) is 6.04. The Kier molecular flexibility index (Phi) is 6.35. The molecule has 1 aliphatic heterocycles. The average Bonchev–Trinajstić information content (AvgIpc) is 3.05. The number of rotatable bonds is 7. The smallest absolute Gasteiger partial charge is 0.312 e. The zero-order valence-corrected chi connectivity index (χ0v) is 13.9. The van der Waals surface area contributed by atoms with E-state index in [1.807, 2.05) is 13.0 Å². The summed E-state index contributed by atoms with van der Waals surface area (Å²) in [5.74, 6) is -2.05. The van der Waals surface area contributed by atoms with Crippen molar-refractivity contribution in [1.29, 1.82) is 0 Å². The summed E-state index contributed by atoms with van der Waals surface area (Å²) in [7, 11) is 0. The van der Waals surface area contributed by atoms with Crippen LogP contribution in [0.5, 0.6) is 0 Å². The van der Waals surface area contributed by atoms with Crippen molar-refractivity contribution in [2.24, 2.45) is 0 Å². The average molecular weight is 332 g/mol. The lowest BCUT2D eigenvalue weighted by molar-refractivity contribution is -0.140. The number of benzene rings is 1. The Morgan fingerprint density at radius 2 is 2.00 bits per heavy atom. The maximum atomic E-state index is 12.4. The summed E-state index contributed by atoms with van der Waals surface area (Å²) in [5.41, 5.74) is 0.649. The number of carboxylic acid groups (broad SMARTS) is 1. The highest BCUT2D eigenvalue weighted by atomic mass is 16.4. The molecule has 2 atom stereocenters. The fourth-order valence-corrected chi connectivity index (χ4v) is 3.05. The van der Waals surface area contributed by atoms with Gasteiger partial charge in [0.1, 0.15) is 6.04 Å². The van der Waals surface area contributed by atoms with Gasteiger partial charge in [-0.15, -0.1) is 0 Å². The maximum Gasteiger partial charge on any atom is 0.312 e. The molecule has 6 nitrogen and oxygen atoms in total. The number of amides is 2. The van der Waals surface area contributed by atoms with Crippen molar-refractivity contribution >= 4 is 17.8 Å². The minimum Gasteiger partial charge on any atom is -0.481 e. The number of likely N-dealkylation sites (tertiary alicyclic amines) is 1. The Balaban J connectivity index is 1.98. The fourth-order valence-electron chi connectivity index (χ4n) is 3.05. The molecule has 0 bridgehead atoms. The molecule has 1 fully saturated rings. The Morgan fingerprint density at radius 1 is 1.29 bits per heavy atom. The van der Waals surface area contributed by atoms with Crippen molar-refractivity contribution in [3.8, 4) is 0 Å². The van der Waals surface area contributed by atoms with Crippen LogP contribution >= 0.6 is 0 Å². The van der Waals surface area contributed by atoms with Gasteiger partial charge in [0.05, 0.1) is 5.92 Å². The molecule has 1 saturated heterocycles. The summed E-state index contributed by atoms with van der Waals surface area (Å²) in [4.78, 5) is 37.6. The van der Waals surface area contributed by atoms with E-state index in [0.717, 1.165) is 12.8 Å². The Morgan fingerprint density at radius 3 is 2.62 bits per heavy atom. The van der Waals surface area contributed by atoms with Gasteiger partial charge in [0.15, 0.2) is 0 Å². The lowest BCUT2D eigenvalue weighted by Crippen LogP contribution is -2.47. The van der Waals surface area contributed by atoms with E-state index in [1.54, 1.807) is 29.2 Å². The summed E-state index contributed by atoms with van der Waals surface area (Å²) < 4.78 is 0. The molecular weight excluding hydrogens is 308 g/mol. The Hall–Kier alpha value is -2.37. The van der Waals surface area contributed by atoms with Gasteiger partial charge >= 0.3 is 5.97 Å². The summed E-state index contributed by atoms with van der Waals surface area (Å²) in [6.07, 6.45) is 2.61. The summed E-state index contributed by atoms with van der Waals surface area (Å²) in [5, 5.41) is 12.1. The van der Waals surface area contributed by atoms with Crippen LogP contribution in [0.1, 0.15) is 44.1 Å². The first-order chi connectivity index (χ1) is 11.5. The molecule has 0 spiro atoms. The van der Waals surface area contributed by atoms with Crippen LogP contribution in [-0.2, 0) is 14.4 Å². The quantitative estimate of drug-likeness (QED) is 0.796. The molecule has 1 aromatic carbocycles. The van der Waals surface area contributed by atoms with Crippen molar-refractivity contribution in [1.82, 2.24) is 10.2 Å². The molecule has 0 aliphatic carbocycles. The molecule has 2 N–H and O–H groups in total. The zero-order valence-electron chi connectivity index (χ0n) is 13.9. The first-order valence-electron chi connectivity index (χ1n) is 8.39. The number of carboxylic acids is 1. The predicted octanol–water partition coefficient (Wildman–Crippen LogP) is 1.76. The van der Waals surface area contributed by atoms with Crippen molar-refractivity contribution in [3.63, 3.8) is 0 Å². The van der Waals surface area contributed by atoms with Gasteiger partial charge in [0, 0.05) is 19.5 Å². The van der Waals surface area contributed by atoms with E-state index in [2.05, 4.69) is 5.32 Å². The van der Waals surface area contributed by atoms with Crippen molar-refractivity contribution in [3.05, 3.63) is 35.9 Å². The standard InChI is InChI=1S/C18H24N2O4/c1-2-7-16(21)20-11-6-10-15(20)17(22)19-12-14(18(23)24)13-8-4-3-5-9-13/h3-5,8-9,14-15H,2,6-7,10-12H2,1H3,(H,19,22)(H,23,24). The van der Waals surface area contributed by atoms with Gasteiger partial charge in [-0.2, -0.15) is 0 Å². The molecule has 1 aromatic rings. The van der Waals surface area contributed by atoms with Crippen LogP contribution in [0.2, 0.25) is 0 Å². The van der Waals surface area contributed by atoms with Crippen LogP contribution < -0.4 is 5.32 Å². The first-order valence-corrected chi connectivity index (χ1v) is 8.39. The monoisotopic (exact) mass is 332 g/mol. The van der Waals surface area contributed by atoms with Gasteiger partial charge in [-0.25, -0.2) is 0 Å². The van der Waals surface area contributed by atoms with Crippen LogP contribution in [0.3, 0.4) is 0 Å². The van der Waals surface area contributed by atoms with E-state index in [4.69, 9.17) is 0 Å². The molecule has 130 valence electrons. The van der Waals surface area contributed by atoms with Crippen LogP contribution in [0.4, 0.5) is 0 Å². The highest BCUT2D eigenvalue weighted by Gasteiger charge is 2.34. The van der Waals surface area contributed by atoms with E-state index >= 15 is 0 Å². The molecule has 0 saturated carbocycles. The molecule has 0 radical (unpaired) electrons. The third-order valence-electron chi connectivity index (χ3n) is 4.32. The maximum absolute atomic E-state index is 12.4. The lowest BCUT2D eigenvalue weighted by Gasteiger charge is -2.24. The summed E-state index contributed by atoms with van der Waals surface area (Å²) >= 11 is 0. The number of hydrogen-bond donors (Lipinski definition) is 2. The largest absolute Gasteiger partial charge is 0.481 e. The number of carbonyl (C=O) groups is 3. The van der Waals surface area contributed by atoms with Crippen LogP contribution in [0, 0.1) is 0 Å².